The van der Waals surface area contributed by atoms with Crippen LogP contribution in [0, 0.1) is 0 Å². The number of aryl methyl sites for hydroxylation is 1. The molecule has 2 N–H and O–H groups in total. The van der Waals surface area contributed by atoms with E-state index in [4.69, 9.17) is 0 Å². The molecule has 0 atom stereocenters. The van der Waals surface area contributed by atoms with Crippen LogP contribution in [0.4, 0.5) is 5.69 Å². The molecule has 7 nitrogen and oxygen atoms in total. The Morgan fingerprint density at radius 1 is 0.943 bits per heavy atom. The van der Waals surface area contributed by atoms with E-state index in [1.807, 2.05) is 54.6 Å². The van der Waals surface area contributed by atoms with Gasteiger partial charge in [-0.25, -0.2) is 4.79 Å². The molecule has 1 saturated heterocycles. The van der Waals surface area contributed by atoms with Gasteiger partial charge >= 0.3 is 16.2 Å². The second-order valence-corrected chi connectivity index (χ2v) is 11.2. The number of anilines is 1. The third kappa shape index (κ3) is 6.43. The Labute approximate surface area is 211 Å². The summed E-state index contributed by atoms with van der Waals surface area (Å²) in [5.41, 5.74) is 2.15. The fourth-order valence-corrected chi connectivity index (χ4v) is 6.56. The predicted octanol–water partition coefficient (Wildman–Crippen LogP) is 3.88. The molecule has 4 rings (SSSR count). The van der Waals surface area contributed by atoms with Gasteiger partial charge < -0.3 is 10.4 Å². The molecule has 1 fully saturated rings. The van der Waals surface area contributed by atoms with Crippen molar-refractivity contribution in [3.05, 3.63) is 95.6 Å². The van der Waals surface area contributed by atoms with Crippen LogP contribution < -0.4 is 9.62 Å². The monoisotopic (exact) mass is 511 g/mol. The first-order valence-corrected chi connectivity index (χ1v) is 13.9. The lowest BCUT2D eigenvalue weighted by molar-refractivity contribution is 0.0697. The van der Waals surface area contributed by atoms with Crippen molar-refractivity contribution in [1.82, 2.24) is 9.62 Å². The first kappa shape index (κ1) is 25.2. The summed E-state index contributed by atoms with van der Waals surface area (Å²) in [5.74, 6) is -0.367. The second kappa shape index (κ2) is 11.7. The zero-order chi connectivity index (χ0) is 24.7. The number of carbonyl (C=O) groups is 1. The number of carboxylic acids is 1. The van der Waals surface area contributed by atoms with Gasteiger partial charge in [-0.15, -0.1) is 11.8 Å². The molecule has 0 saturated carbocycles. The number of nitrogens with one attached hydrogen (secondary N) is 1. The summed E-state index contributed by atoms with van der Waals surface area (Å²) >= 11 is 1.56. The molecule has 1 heterocycles. The Morgan fingerprint density at radius 2 is 1.57 bits per heavy atom. The zero-order valence-electron chi connectivity index (χ0n) is 19.3. The predicted molar refractivity (Wildman–Crippen MR) is 140 cm³/mol. The van der Waals surface area contributed by atoms with Gasteiger partial charge in [0.25, 0.3) is 0 Å². The highest BCUT2D eigenvalue weighted by Gasteiger charge is 2.33. The van der Waals surface area contributed by atoms with E-state index in [-0.39, 0.29) is 17.8 Å². The number of nitrogens with zero attached hydrogens (tertiary/aromatic N) is 2. The number of thioether (sulfide) groups is 1. The topological polar surface area (TPSA) is 90.0 Å². The molecule has 9 heteroatoms. The van der Waals surface area contributed by atoms with Gasteiger partial charge in [0.15, 0.2) is 0 Å². The van der Waals surface area contributed by atoms with Crippen LogP contribution in [0.15, 0.2) is 83.8 Å². The first-order chi connectivity index (χ1) is 16.9. The summed E-state index contributed by atoms with van der Waals surface area (Å²) in [4.78, 5) is 13.1. The van der Waals surface area contributed by atoms with Gasteiger partial charge in [-0.1, -0.05) is 60.7 Å². The Hall–Kier alpha value is -2.85. The molecule has 1 aliphatic rings. The van der Waals surface area contributed by atoms with Gasteiger partial charge in [-0.05, 0) is 35.7 Å². The van der Waals surface area contributed by atoms with E-state index in [9.17, 15) is 18.3 Å². The molecule has 1 aliphatic heterocycles. The van der Waals surface area contributed by atoms with Crippen LogP contribution in [0.1, 0.15) is 21.5 Å². The third-order valence-corrected chi connectivity index (χ3v) is 8.72. The minimum atomic E-state index is -3.94. The normalized spacial score (nSPS) is 14.5. The lowest BCUT2D eigenvalue weighted by atomic mass is 10.1. The van der Waals surface area contributed by atoms with Crippen LogP contribution in [0.5, 0.6) is 0 Å². The second-order valence-electron chi connectivity index (χ2n) is 8.22. The summed E-state index contributed by atoms with van der Waals surface area (Å²) < 4.78 is 30.1. The Balaban J connectivity index is 1.64. The summed E-state index contributed by atoms with van der Waals surface area (Å²) in [6, 6.07) is 24.3. The summed E-state index contributed by atoms with van der Waals surface area (Å²) in [6.45, 7) is 1.84. The Bertz CT molecular complexity index is 1230. The lowest BCUT2D eigenvalue weighted by Gasteiger charge is -2.34. The number of piperazine rings is 1. The van der Waals surface area contributed by atoms with Crippen molar-refractivity contribution in [3.63, 3.8) is 0 Å². The van der Waals surface area contributed by atoms with Gasteiger partial charge in [0.05, 0.1) is 17.8 Å². The van der Waals surface area contributed by atoms with Crippen LogP contribution in [0.2, 0.25) is 0 Å². The van der Waals surface area contributed by atoms with Gasteiger partial charge in [0, 0.05) is 36.8 Å². The summed E-state index contributed by atoms with van der Waals surface area (Å²) in [6.07, 6.45) is 0.854. The largest absolute Gasteiger partial charge is 0.478 e. The molecular formula is C26H29N3O4S2. The molecule has 0 unspecified atom stereocenters. The van der Waals surface area contributed by atoms with Crippen LogP contribution >= 0.6 is 11.8 Å². The minimum Gasteiger partial charge on any atom is -0.478 e. The van der Waals surface area contributed by atoms with Crippen molar-refractivity contribution in [3.8, 4) is 0 Å². The molecule has 0 amide bonds. The first-order valence-electron chi connectivity index (χ1n) is 11.5. The van der Waals surface area contributed by atoms with Crippen molar-refractivity contribution in [2.75, 3.05) is 36.2 Å². The molecule has 3 aromatic rings. The van der Waals surface area contributed by atoms with E-state index in [1.165, 1.54) is 14.2 Å². The smallest absolute Gasteiger partial charge is 0.337 e. The maximum Gasteiger partial charge on any atom is 0.337 e. The highest BCUT2D eigenvalue weighted by atomic mass is 32.2. The van der Waals surface area contributed by atoms with E-state index >= 15 is 0 Å². The van der Waals surface area contributed by atoms with Crippen molar-refractivity contribution in [1.29, 1.82) is 0 Å². The van der Waals surface area contributed by atoms with E-state index in [0.717, 1.165) is 22.6 Å². The van der Waals surface area contributed by atoms with Crippen LogP contribution in [0.3, 0.4) is 0 Å². The van der Waals surface area contributed by atoms with Gasteiger partial charge in [0.2, 0.25) is 0 Å². The zero-order valence-corrected chi connectivity index (χ0v) is 21.0. The van der Waals surface area contributed by atoms with E-state index < -0.39 is 16.2 Å². The number of carboxylic acid groups (broad SMARTS) is 1. The quantitative estimate of drug-likeness (QED) is 0.402. The highest BCUT2D eigenvalue weighted by Crippen LogP contribution is 2.31. The minimum absolute atomic E-state index is 0.0237. The van der Waals surface area contributed by atoms with Gasteiger partial charge in [-0.3, -0.25) is 4.31 Å². The molecule has 0 aliphatic carbocycles. The fraction of sp³-hybridized carbons (Fsp3) is 0.269. The van der Waals surface area contributed by atoms with Crippen molar-refractivity contribution < 1.29 is 18.3 Å². The maximum atomic E-state index is 13.7. The number of hydrogen-bond acceptors (Lipinski definition) is 5. The van der Waals surface area contributed by atoms with Crippen LogP contribution in [-0.4, -0.2) is 55.7 Å². The maximum absolute atomic E-state index is 13.7. The van der Waals surface area contributed by atoms with Crippen molar-refractivity contribution in [2.24, 2.45) is 0 Å². The molecule has 0 aromatic heterocycles. The molecular weight excluding hydrogens is 482 g/mol. The Kier molecular flexibility index (Phi) is 8.46. The lowest BCUT2D eigenvalue weighted by Crippen LogP contribution is -2.52. The van der Waals surface area contributed by atoms with Gasteiger partial charge in [-0.2, -0.15) is 12.7 Å². The fourth-order valence-electron chi connectivity index (χ4n) is 3.98. The van der Waals surface area contributed by atoms with Crippen molar-refractivity contribution >= 4 is 33.6 Å². The van der Waals surface area contributed by atoms with Crippen molar-refractivity contribution in [2.45, 2.75) is 17.9 Å². The summed E-state index contributed by atoms with van der Waals surface area (Å²) in [7, 11) is -3.94. The molecule has 3 aromatic carbocycles. The number of benzene rings is 3. The van der Waals surface area contributed by atoms with Crippen LogP contribution in [0.25, 0.3) is 0 Å². The number of aromatic carboxylic acids is 1. The van der Waals surface area contributed by atoms with E-state index in [2.05, 4.69) is 17.4 Å². The molecule has 0 spiro atoms. The summed E-state index contributed by atoms with van der Waals surface area (Å²) in [5, 5.41) is 13.2. The average molecular weight is 512 g/mol. The van der Waals surface area contributed by atoms with E-state index in [0.29, 0.717) is 26.2 Å². The third-order valence-electron chi connectivity index (χ3n) is 5.82. The Morgan fingerprint density at radius 3 is 2.20 bits per heavy atom. The molecule has 0 radical (unpaired) electrons. The van der Waals surface area contributed by atoms with E-state index in [1.54, 1.807) is 23.9 Å². The highest BCUT2D eigenvalue weighted by molar-refractivity contribution is 7.99. The number of hydrogen-bond donors (Lipinski definition) is 2. The standard InChI is InChI=1S/C26H29N3O4S2/c30-26(31)24-19-23(34-18-13-21-7-3-1-4-8-21)11-12-25(24)29(20-22-9-5-2-6-10-22)35(32,33)28-16-14-27-15-17-28/h1-12,19,27H,13-18,20H2,(H,30,31). The molecule has 184 valence electrons. The van der Waals surface area contributed by atoms with Gasteiger partial charge in [0.1, 0.15) is 0 Å². The van der Waals surface area contributed by atoms with Crippen LogP contribution in [-0.2, 0) is 23.2 Å². The molecule has 0 bridgehead atoms. The number of rotatable bonds is 10. The SMILES string of the molecule is O=C(O)c1cc(SCCc2ccccc2)ccc1N(Cc1ccccc1)S(=O)(=O)N1CCNCC1. The molecule has 35 heavy (non-hydrogen) atoms. The average Bonchev–Trinajstić information content (AvgIpc) is 2.89.